The zero-order chi connectivity index (χ0) is 15.9. The second-order valence-electron chi connectivity index (χ2n) is 3.95. The molecule has 7 nitrogen and oxygen atoms in total. The maximum Gasteiger partial charge on any atom is 0.264 e. The highest BCUT2D eigenvalue weighted by Gasteiger charge is 2.10. The Morgan fingerprint density at radius 2 is 2.36 bits per heavy atom. The van der Waals surface area contributed by atoms with Crippen LogP contribution in [0, 0.1) is 5.82 Å². The van der Waals surface area contributed by atoms with Gasteiger partial charge in [-0.1, -0.05) is 23.4 Å². The van der Waals surface area contributed by atoms with E-state index in [1.165, 1.54) is 23.9 Å². The normalized spacial score (nSPS) is 10.5. The first-order valence-corrected chi connectivity index (χ1v) is 7.48. The number of H-pyrrole nitrogens is 1. The van der Waals surface area contributed by atoms with Gasteiger partial charge in [-0.3, -0.25) is 10.1 Å². The van der Waals surface area contributed by atoms with Crippen molar-refractivity contribution in [1.29, 1.82) is 0 Å². The molecule has 0 aliphatic heterocycles. The lowest BCUT2D eigenvalue weighted by Crippen LogP contribution is -2.21. The number of rotatable bonds is 7. The van der Waals surface area contributed by atoms with Gasteiger partial charge in [0.25, 0.3) is 5.91 Å². The van der Waals surface area contributed by atoms with Crippen LogP contribution in [-0.4, -0.2) is 45.2 Å². The average molecular weight is 347 g/mol. The van der Waals surface area contributed by atoms with Crippen LogP contribution in [0.2, 0.25) is 5.02 Å². The fourth-order valence-corrected chi connectivity index (χ4v) is 2.17. The Morgan fingerprint density at radius 3 is 3.09 bits per heavy atom. The number of ether oxygens (including phenoxy) is 1. The summed E-state index contributed by atoms with van der Waals surface area (Å²) in [6.07, 6.45) is 0. The Bertz CT molecular complexity index is 655. The van der Waals surface area contributed by atoms with Crippen molar-refractivity contribution in [3.05, 3.63) is 29.0 Å². The Morgan fingerprint density at radius 1 is 1.55 bits per heavy atom. The molecule has 2 rings (SSSR count). The molecule has 0 aliphatic carbocycles. The summed E-state index contributed by atoms with van der Waals surface area (Å²) in [6.45, 7) is -0.307. The fourth-order valence-electron chi connectivity index (χ4n) is 1.41. The van der Waals surface area contributed by atoms with E-state index in [1.807, 2.05) is 0 Å². The number of nitrogens with one attached hydrogen (secondary N) is 2. The summed E-state index contributed by atoms with van der Waals surface area (Å²) in [5.74, 6) is -0.141. The summed E-state index contributed by atoms with van der Waals surface area (Å²) in [6, 6.07) is 3.61. The summed E-state index contributed by atoms with van der Waals surface area (Å²) in [4.78, 5) is 15.7. The molecule has 10 heteroatoms. The molecule has 0 spiro atoms. The second kappa shape index (κ2) is 7.97. The molecule has 1 heterocycles. The average Bonchev–Trinajstić information content (AvgIpc) is 2.91. The summed E-state index contributed by atoms with van der Waals surface area (Å²) >= 11 is 7.02. The molecular formula is C12H12ClFN4O3S. The lowest BCUT2D eigenvalue weighted by molar-refractivity contribution is -0.118. The number of aromatic nitrogens is 3. The monoisotopic (exact) mass is 346 g/mol. The minimum Gasteiger partial charge on any atom is -0.482 e. The summed E-state index contributed by atoms with van der Waals surface area (Å²) in [5.41, 5.74) is 0. The number of amides is 1. The van der Waals surface area contributed by atoms with Crippen LogP contribution in [0.25, 0.3) is 0 Å². The molecule has 118 valence electrons. The number of aliphatic hydroxyl groups is 1. The van der Waals surface area contributed by atoms with E-state index in [9.17, 15) is 9.18 Å². The van der Waals surface area contributed by atoms with Crippen LogP contribution in [0.15, 0.2) is 23.4 Å². The van der Waals surface area contributed by atoms with Gasteiger partial charge < -0.3 is 9.84 Å². The van der Waals surface area contributed by atoms with Gasteiger partial charge in [0.05, 0.1) is 11.6 Å². The number of benzene rings is 1. The quantitative estimate of drug-likeness (QED) is 0.660. The van der Waals surface area contributed by atoms with E-state index in [1.54, 1.807) is 0 Å². The van der Waals surface area contributed by atoms with E-state index in [4.69, 9.17) is 21.4 Å². The third-order valence-corrected chi connectivity index (χ3v) is 3.42. The fraction of sp³-hybridized carbons (Fsp3) is 0.250. The van der Waals surface area contributed by atoms with Crippen molar-refractivity contribution in [3.8, 4) is 5.75 Å². The number of carbonyl (C=O) groups excluding carboxylic acids is 1. The Balaban J connectivity index is 1.83. The standard InChI is InChI=1S/C12H12ClFN4O3S/c13-8-5-7(14)1-2-9(8)21-6-10(20)15-11-16-12(18-17-11)22-4-3-19/h1-2,5,19H,3-4,6H2,(H2,15,16,17,18,20). The van der Waals surface area contributed by atoms with Crippen LogP contribution < -0.4 is 10.1 Å². The van der Waals surface area contributed by atoms with Crippen LogP contribution in [0.5, 0.6) is 5.75 Å². The van der Waals surface area contributed by atoms with E-state index in [2.05, 4.69) is 20.5 Å². The lowest BCUT2D eigenvalue weighted by Gasteiger charge is -2.07. The summed E-state index contributed by atoms with van der Waals surface area (Å²) < 4.78 is 18.1. The van der Waals surface area contributed by atoms with E-state index in [0.29, 0.717) is 10.9 Å². The highest BCUT2D eigenvalue weighted by Crippen LogP contribution is 2.24. The Hall–Kier alpha value is -1.84. The van der Waals surface area contributed by atoms with Crippen molar-refractivity contribution >= 4 is 35.2 Å². The molecule has 0 atom stereocenters. The number of carbonyl (C=O) groups is 1. The van der Waals surface area contributed by atoms with Crippen LogP contribution in [0.4, 0.5) is 10.3 Å². The van der Waals surface area contributed by atoms with Gasteiger partial charge in [-0.2, -0.15) is 4.98 Å². The molecular weight excluding hydrogens is 335 g/mol. The molecule has 1 amide bonds. The number of anilines is 1. The molecule has 2 aromatic rings. The Kier molecular flexibility index (Phi) is 5.99. The van der Waals surface area contributed by atoms with Crippen molar-refractivity contribution in [1.82, 2.24) is 15.2 Å². The van der Waals surface area contributed by atoms with Crippen LogP contribution in [0.1, 0.15) is 0 Å². The van der Waals surface area contributed by atoms with Crippen molar-refractivity contribution in [2.45, 2.75) is 5.16 Å². The molecule has 0 radical (unpaired) electrons. The first-order valence-electron chi connectivity index (χ1n) is 6.12. The molecule has 0 unspecified atom stereocenters. The largest absolute Gasteiger partial charge is 0.482 e. The first-order chi connectivity index (χ1) is 10.6. The highest BCUT2D eigenvalue weighted by molar-refractivity contribution is 7.99. The smallest absolute Gasteiger partial charge is 0.264 e. The number of thioether (sulfide) groups is 1. The van der Waals surface area contributed by atoms with E-state index in [0.717, 1.165) is 6.07 Å². The minimum absolute atomic E-state index is 0.00711. The molecule has 1 aromatic heterocycles. The van der Waals surface area contributed by atoms with Gasteiger partial charge in [-0.25, -0.2) is 9.49 Å². The minimum atomic E-state index is -0.489. The van der Waals surface area contributed by atoms with Crippen molar-refractivity contribution < 1.29 is 19.0 Å². The van der Waals surface area contributed by atoms with Crippen LogP contribution in [0.3, 0.4) is 0 Å². The summed E-state index contributed by atoms with van der Waals surface area (Å²) in [7, 11) is 0. The molecule has 0 fully saturated rings. The third kappa shape index (κ3) is 4.86. The van der Waals surface area contributed by atoms with E-state index < -0.39 is 11.7 Å². The van der Waals surface area contributed by atoms with Crippen molar-refractivity contribution in [2.24, 2.45) is 0 Å². The predicted molar refractivity (Wildman–Crippen MR) is 79.7 cm³/mol. The van der Waals surface area contributed by atoms with Gasteiger partial charge >= 0.3 is 0 Å². The topological polar surface area (TPSA) is 100 Å². The van der Waals surface area contributed by atoms with Gasteiger partial charge in [0.15, 0.2) is 6.61 Å². The van der Waals surface area contributed by atoms with Gasteiger partial charge in [0, 0.05) is 5.75 Å². The molecule has 0 saturated heterocycles. The number of halogens is 2. The van der Waals surface area contributed by atoms with Crippen LogP contribution in [-0.2, 0) is 4.79 Å². The van der Waals surface area contributed by atoms with E-state index >= 15 is 0 Å². The second-order valence-corrected chi connectivity index (χ2v) is 5.42. The molecule has 1 aromatic carbocycles. The lowest BCUT2D eigenvalue weighted by atomic mass is 10.3. The molecule has 0 bridgehead atoms. The zero-order valence-corrected chi connectivity index (χ0v) is 12.7. The zero-order valence-electron chi connectivity index (χ0n) is 11.2. The van der Waals surface area contributed by atoms with Crippen molar-refractivity contribution in [2.75, 3.05) is 24.3 Å². The van der Waals surface area contributed by atoms with Crippen LogP contribution >= 0.6 is 23.4 Å². The van der Waals surface area contributed by atoms with Gasteiger partial charge in [0.2, 0.25) is 11.1 Å². The third-order valence-electron chi connectivity index (χ3n) is 2.30. The Labute approximate surface area is 134 Å². The SMILES string of the molecule is O=C(COc1ccc(F)cc1Cl)Nc1nc(SCCO)n[nH]1. The first kappa shape index (κ1) is 16.5. The number of hydrogen-bond acceptors (Lipinski definition) is 6. The summed E-state index contributed by atoms with van der Waals surface area (Å²) in [5, 5.41) is 18.0. The van der Waals surface area contributed by atoms with Gasteiger partial charge in [0.1, 0.15) is 11.6 Å². The molecule has 22 heavy (non-hydrogen) atoms. The predicted octanol–water partition coefficient (Wildman–Crippen LogP) is 1.70. The number of aromatic amines is 1. The van der Waals surface area contributed by atoms with Crippen molar-refractivity contribution in [3.63, 3.8) is 0 Å². The highest BCUT2D eigenvalue weighted by atomic mass is 35.5. The number of nitrogens with zero attached hydrogens (tertiary/aromatic N) is 2. The van der Waals surface area contributed by atoms with Gasteiger partial charge in [-0.15, -0.1) is 5.10 Å². The van der Waals surface area contributed by atoms with Gasteiger partial charge in [-0.05, 0) is 18.2 Å². The number of aliphatic hydroxyl groups excluding tert-OH is 1. The molecule has 3 N–H and O–H groups in total. The maximum absolute atomic E-state index is 12.9. The maximum atomic E-state index is 12.9. The number of hydrogen-bond donors (Lipinski definition) is 3. The van der Waals surface area contributed by atoms with E-state index in [-0.39, 0.29) is 29.9 Å². The molecule has 0 saturated carbocycles. The molecule has 0 aliphatic rings.